The number of nitrogens with one attached hydrogen (secondary N) is 10. The van der Waals surface area contributed by atoms with Gasteiger partial charge >= 0.3 is 0 Å². The zero-order chi connectivity index (χ0) is 80.1. The molecule has 9 aliphatic rings. The van der Waals surface area contributed by atoms with Crippen LogP contribution in [0.15, 0.2) is 102 Å². The molecule has 30 nitrogen and oxygen atoms in total. The molecule has 15 bridgehead atoms. The summed E-state index contributed by atoms with van der Waals surface area (Å²) in [6, 6.07) is 6.48. The summed E-state index contributed by atoms with van der Waals surface area (Å²) in [7, 11) is -2.41. The molecule has 4 aliphatic carbocycles. The third-order valence-corrected chi connectivity index (χ3v) is 23.8. The lowest BCUT2D eigenvalue weighted by Crippen LogP contribution is -2.59. The van der Waals surface area contributed by atoms with E-state index in [1.165, 1.54) is 67.7 Å². The minimum atomic E-state index is -3.92. The molecule has 8 amide bonds. The maximum Gasteiger partial charge on any atom is 0.248 e. The molecule has 4 fully saturated rings. The molecule has 15 rings (SSSR count). The first-order valence-corrected chi connectivity index (χ1v) is 39.8. The van der Waals surface area contributed by atoms with Crippen molar-refractivity contribution < 1.29 is 91.6 Å². The number of nitrogens with two attached hydrogens (primary N) is 1. The summed E-state index contributed by atoms with van der Waals surface area (Å²) >= 11 is 13.9. The lowest BCUT2D eigenvalue weighted by Gasteiger charge is -2.54. The smallest absolute Gasteiger partial charge is 0.248 e. The molecule has 6 aromatic rings. The molecule has 6 aromatic carbocycles. The zero-order valence-electron chi connectivity index (χ0n) is 61.9. The number of aliphatic hydroxyl groups is 2. The fourth-order valence-corrected chi connectivity index (χ4v) is 17.7. The second-order valence-electron chi connectivity index (χ2n) is 30.1. The number of primary amides is 1. The van der Waals surface area contributed by atoms with Gasteiger partial charge in [-0.25, -0.2) is 13.1 Å². The highest BCUT2D eigenvalue weighted by Gasteiger charge is 2.50. The second-order valence-corrected chi connectivity index (χ2v) is 32.7. The van der Waals surface area contributed by atoms with Crippen molar-refractivity contribution in [2.24, 2.45) is 35.3 Å². The Hall–Kier alpha value is -9.99. The van der Waals surface area contributed by atoms with Gasteiger partial charge in [0.1, 0.15) is 83.0 Å². The van der Waals surface area contributed by atoms with Crippen LogP contribution in [0.2, 0.25) is 10.0 Å². The molecule has 0 aromatic heterocycles. The Labute approximate surface area is 656 Å². The molecule has 0 unspecified atom stereocenters. The number of phenolic OH excluding ortho intramolecular Hbond substituents is 4. The molecule has 0 radical (unpaired) electrons. The Balaban J connectivity index is 0.949. The predicted molar refractivity (Wildman–Crippen MR) is 409 cm³/mol. The van der Waals surface area contributed by atoms with E-state index in [1.807, 2.05) is 13.8 Å². The third kappa shape index (κ3) is 18.2. The van der Waals surface area contributed by atoms with Crippen LogP contribution in [0.25, 0.3) is 11.1 Å². The SMILES string of the molecule is CCCCCOc1ccc(S(=O)(=O)NCCCCNCc2c(O)cc3c(c2O)-c2cc(ccc2O)[C@H]2NC(=O)[C@@H]4NC(=O)[C@H](CC(N)=O)NC(=O)[C@H](NC(=O)[C@@H](CC(C)C)NC)[C@H](O)c5ccc(c(Cl)c5)Oc5cc4cc(c5O)Oc4ccc(cc4Cl)[C@@H](O)[C@H](NC2=O)C(=O)N[C@@H]3C(=O)NC2C3CC4CC(C3)CC2C4)cc1. The van der Waals surface area contributed by atoms with Gasteiger partial charge in [-0.3, -0.25) is 38.4 Å². The monoisotopic (exact) mass is 1600 g/mol. The van der Waals surface area contributed by atoms with Crippen LogP contribution in [0.4, 0.5) is 0 Å². The number of carbonyl (C=O) groups excluding carboxylic acids is 8. The minimum Gasteiger partial charge on any atom is -0.507 e. The van der Waals surface area contributed by atoms with Gasteiger partial charge in [0.05, 0.1) is 39.6 Å². The lowest BCUT2D eigenvalue weighted by molar-refractivity contribution is -0.138. The van der Waals surface area contributed by atoms with E-state index < -0.39 is 153 Å². The Bertz CT molecular complexity index is 4700. The van der Waals surface area contributed by atoms with Crippen LogP contribution in [0, 0.1) is 29.6 Å². The average molecular weight is 1600 g/mol. The van der Waals surface area contributed by atoms with E-state index in [0.29, 0.717) is 37.0 Å². The van der Waals surface area contributed by atoms with Gasteiger partial charge in [0.2, 0.25) is 63.0 Å². The largest absolute Gasteiger partial charge is 0.507 e. The van der Waals surface area contributed by atoms with E-state index in [2.05, 4.69) is 59.5 Å². The van der Waals surface area contributed by atoms with Gasteiger partial charge in [0.25, 0.3) is 0 Å². The Morgan fingerprint density at radius 2 is 1.24 bits per heavy atom. The maximum absolute atomic E-state index is 16.0. The normalized spacial score (nSPS) is 24.4. The van der Waals surface area contributed by atoms with E-state index >= 15 is 24.0 Å². The second kappa shape index (κ2) is 35.0. The quantitative estimate of drug-likeness (QED) is 0.0298. The van der Waals surface area contributed by atoms with E-state index in [9.17, 15) is 53.4 Å². The number of amides is 8. The number of carbonyl (C=O) groups is 8. The molecule has 0 saturated heterocycles. The van der Waals surface area contributed by atoms with Crippen LogP contribution in [0.1, 0.15) is 162 Å². The number of rotatable bonds is 23. The summed E-state index contributed by atoms with van der Waals surface area (Å²) in [5.41, 5.74) is 3.72. The van der Waals surface area contributed by atoms with Crippen molar-refractivity contribution in [3.63, 3.8) is 0 Å². The fourth-order valence-electron chi connectivity index (χ4n) is 16.1. The number of phenols is 4. The summed E-state index contributed by atoms with van der Waals surface area (Å²) in [6.45, 7) is 6.18. The fraction of sp³-hybridized carbons (Fsp3) is 0.443. The van der Waals surface area contributed by atoms with Crippen LogP contribution < -0.4 is 72.5 Å². The summed E-state index contributed by atoms with van der Waals surface area (Å²) in [6.07, 6.45) is 3.19. The van der Waals surface area contributed by atoms with Gasteiger partial charge in [-0.1, -0.05) is 75.0 Å². The van der Waals surface area contributed by atoms with E-state index in [0.717, 1.165) is 75.6 Å². The number of aromatic hydroxyl groups is 4. The van der Waals surface area contributed by atoms with Crippen molar-refractivity contribution in [3.05, 3.63) is 140 Å². The number of halogens is 2. The number of hydrogen-bond acceptors (Lipinski definition) is 21. The van der Waals surface area contributed by atoms with Crippen molar-refractivity contribution in [1.82, 2.24) is 52.6 Å². The van der Waals surface area contributed by atoms with Crippen LogP contribution in [-0.2, 0) is 54.9 Å². The maximum atomic E-state index is 16.0. The number of sulfonamides is 1. The molecular formula is C79H93Cl2N11O19S. The highest BCUT2D eigenvalue weighted by molar-refractivity contribution is 7.89. The molecule has 598 valence electrons. The number of unbranched alkanes of at least 4 members (excludes halogenated alkanes) is 3. The first-order chi connectivity index (χ1) is 53.5. The number of benzene rings is 6. The third-order valence-electron chi connectivity index (χ3n) is 21.7. The average Bonchev–Trinajstić information content (AvgIpc) is 0.738. The summed E-state index contributed by atoms with van der Waals surface area (Å²) in [4.78, 5) is 120. The van der Waals surface area contributed by atoms with Gasteiger partial charge in [0.15, 0.2) is 11.5 Å². The molecule has 5 heterocycles. The Morgan fingerprint density at radius 3 is 1.86 bits per heavy atom. The topological polar surface area (TPSA) is 466 Å². The first kappa shape index (κ1) is 81.5. The number of likely N-dealkylation sites (N-methyl/N-ethyl adjacent to an activating group) is 1. The van der Waals surface area contributed by atoms with Crippen molar-refractivity contribution in [2.45, 2.75) is 170 Å². The van der Waals surface area contributed by atoms with Crippen molar-refractivity contribution in [2.75, 3.05) is 26.7 Å². The molecule has 33 heteroatoms. The summed E-state index contributed by atoms with van der Waals surface area (Å²) in [5.74, 6) is -12.0. The first-order valence-electron chi connectivity index (χ1n) is 37.6. The molecule has 18 N–H and O–H groups in total. The van der Waals surface area contributed by atoms with Gasteiger partial charge in [-0.2, -0.15) is 0 Å². The van der Waals surface area contributed by atoms with Crippen molar-refractivity contribution in [1.29, 1.82) is 0 Å². The molecule has 112 heavy (non-hydrogen) atoms. The van der Waals surface area contributed by atoms with Crippen LogP contribution >= 0.6 is 23.2 Å². The molecule has 4 saturated carbocycles. The van der Waals surface area contributed by atoms with Crippen LogP contribution in [0.5, 0.6) is 51.7 Å². The van der Waals surface area contributed by atoms with Gasteiger partial charge in [-0.15, -0.1) is 0 Å². The van der Waals surface area contributed by atoms with Gasteiger partial charge in [-0.05, 0) is 208 Å². The number of hydrogen-bond donors (Lipinski definition) is 17. The zero-order valence-corrected chi connectivity index (χ0v) is 64.3. The Kier molecular flexibility index (Phi) is 25.4. The Morgan fingerprint density at radius 1 is 0.634 bits per heavy atom. The van der Waals surface area contributed by atoms with E-state index in [1.54, 1.807) is 12.1 Å². The van der Waals surface area contributed by atoms with Crippen molar-refractivity contribution >= 4 is 80.5 Å². The molecule has 0 spiro atoms. The highest BCUT2D eigenvalue weighted by atomic mass is 35.5. The summed E-state index contributed by atoms with van der Waals surface area (Å²) < 4.78 is 47.5. The van der Waals surface area contributed by atoms with Crippen molar-refractivity contribution in [3.8, 4) is 62.9 Å². The number of ether oxygens (including phenoxy) is 3. The van der Waals surface area contributed by atoms with E-state index in [-0.39, 0.29) is 121 Å². The highest BCUT2D eigenvalue weighted by Crippen LogP contribution is 2.55. The van der Waals surface area contributed by atoms with Crippen LogP contribution in [-0.4, -0.2) is 143 Å². The predicted octanol–water partition coefficient (Wildman–Crippen LogP) is 6.67. The number of aliphatic hydroxyl groups excluding tert-OH is 2. The molecule has 5 aliphatic heterocycles. The minimum absolute atomic E-state index is 0.0348. The molecule has 9 atom stereocenters. The lowest BCUT2D eigenvalue weighted by atomic mass is 9.54. The van der Waals surface area contributed by atoms with Crippen LogP contribution in [0.3, 0.4) is 0 Å². The molecular weight excluding hydrogens is 1510 g/mol. The summed E-state index contributed by atoms with van der Waals surface area (Å²) in [5, 5.41) is 98.5. The number of fused-ring (bicyclic) bond motifs is 15. The van der Waals surface area contributed by atoms with Gasteiger partial charge < -0.3 is 98.4 Å². The van der Waals surface area contributed by atoms with E-state index in [4.69, 9.17) is 43.1 Å². The standard InChI is InChI=1S/C79H93Cl2N11O19S/c1-5-6-9-22-109-46-13-15-47(16-14-46)112(107,108)85-21-8-7-20-84-36-50-56(94)34-49-62(71(50)98)48-29-40(10-17-55(48)93)64-75(102)92-68(79(106)90-66(49)77(104)87-63-43-25-38-24-39(27-43)28-44(63)26-38)70(97)42-12-19-58(52(81)31-42)111-60-33-45-32-59(72(60)99)110-57-18-11-41(30-51(57)80)69(96)67(91-73(100)53(83-4)23-37(2)3)78(105)86-54(35-61(82)95)74(101)88-65(45)76(103)89-64/h10-19,29-34,37-39,43-44,53-54,63-70,83-85,93-94,96-99H,5-9,20-28,35-36H2,1-4H3,(H2,82,95)(H,86,105)(H,87,104)(H,88,101)(H,89,103)(H,90,106)(H,91,100)(H,92,102)/t38?,39?,43?,44?,53-,54+,63?,64-,65-,66+,67-,68+,69-,70-/m1/s1. The van der Waals surface area contributed by atoms with Gasteiger partial charge in [0, 0.05) is 30.3 Å².